The van der Waals surface area contributed by atoms with E-state index in [-0.39, 0.29) is 6.03 Å². The third-order valence-electron chi connectivity index (χ3n) is 3.43. The predicted octanol–water partition coefficient (Wildman–Crippen LogP) is 2.28. The molecular weight excluding hydrogens is 324 g/mol. The minimum Gasteiger partial charge on any atom is -0.331 e. The highest BCUT2D eigenvalue weighted by molar-refractivity contribution is 7.09. The summed E-state index contributed by atoms with van der Waals surface area (Å²) in [7, 11) is 3.60. The first-order valence-corrected chi connectivity index (χ1v) is 8.32. The van der Waals surface area contributed by atoms with E-state index >= 15 is 0 Å². The molecule has 0 bridgehead atoms. The smallest absolute Gasteiger partial charge is 0.317 e. The van der Waals surface area contributed by atoms with Gasteiger partial charge >= 0.3 is 6.03 Å². The third kappa shape index (κ3) is 3.96. The highest BCUT2D eigenvalue weighted by Gasteiger charge is 2.11. The molecule has 24 heavy (non-hydrogen) atoms. The Kier molecular flexibility index (Phi) is 4.85. The summed E-state index contributed by atoms with van der Waals surface area (Å²) in [6, 6.07) is 5.57. The average molecular weight is 342 g/mol. The van der Waals surface area contributed by atoms with Gasteiger partial charge in [0.05, 0.1) is 24.5 Å². The largest absolute Gasteiger partial charge is 0.331 e. The van der Waals surface area contributed by atoms with E-state index in [0.717, 1.165) is 22.0 Å². The third-order valence-corrected chi connectivity index (χ3v) is 4.28. The normalized spacial score (nSPS) is 10.6. The van der Waals surface area contributed by atoms with E-state index in [1.807, 2.05) is 36.8 Å². The van der Waals surface area contributed by atoms with Crippen LogP contribution in [0, 0.1) is 0 Å². The van der Waals surface area contributed by atoms with Crippen LogP contribution in [0.2, 0.25) is 0 Å². The average Bonchev–Trinajstić information content (AvgIpc) is 3.22. The summed E-state index contributed by atoms with van der Waals surface area (Å²) in [5.74, 6) is 0. The van der Waals surface area contributed by atoms with Crippen molar-refractivity contribution in [2.45, 2.75) is 13.1 Å². The molecule has 0 atom stereocenters. The molecule has 0 aliphatic carbocycles. The molecule has 7 nitrogen and oxygen atoms in total. The topological polar surface area (TPSA) is 75.9 Å². The summed E-state index contributed by atoms with van der Waals surface area (Å²) in [4.78, 5) is 22.3. The molecule has 0 aliphatic rings. The van der Waals surface area contributed by atoms with Gasteiger partial charge in [-0.2, -0.15) is 5.10 Å². The molecule has 0 aliphatic heterocycles. The zero-order chi connectivity index (χ0) is 16.9. The minimum absolute atomic E-state index is 0.152. The molecule has 3 rings (SSSR count). The van der Waals surface area contributed by atoms with Crippen molar-refractivity contribution >= 4 is 17.4 Å². The van der Waals surface area contributed by atoms with Gasteiger partial charge in [0.1, 0.15) is 5.01 Å². The molecule has 0 spiro atoms. The minimum atomic E-state index is -0.152. The van der Waals surface area contributed by atoms with Crippen LogP contribution in [0.15, 0.2) is 42.2 Å². The van der Waals surface area contributed by atoms with E-state index in [4.69, 9.17) is 0 Å². The Hall–Kier alpha value is -2.74. The van der Waals surface area contributed by atoms with Crippen LogP contribution in [0.1, 0.15) is 10.7 Å². The zero-order valence-corrected chi connectivity index (χ0v) is 14.3. The SMILES string of the molecule is CN(Cc1ccn(C)n1)C(=O)NCc1nc(-c2ccncc2)cs1. The number of nitrogens with zero attached hydrogens (tertiary/aromatic N) is 5. The Morgan fingerprint density at radius 1 is 1.33 bits per heavy atom. The van der Waals surface area contributed by atoms with Gasteiger partial charge in [0.25, 0.3) is 0 Å². The molecule has 0 saturated carbocycles. The van der Waals surface area contributed by atoms with E-state index in [0.29, 0.717) is 13.1 Å². The standard InChI is InChI=1S/C16H18N6OS/c1-21(10-13-5-8-22(2)20-13)16(23)18-9-15-19-14(11-24-15)12-3-6-17-7-4-12/h3-8,11H,9-10H2,1-2H3,(H,18,23). The molecule has 2 amide bonds. The van der Waals surface area contributed by atoms with Crippen LogP contribution >= 0.6 is 11.3 Å². The van der Waals surface area contributed by atoms with Crippen LogP contribution in [0.4, 0.5) is 4.79 Å². The van der Waals surface area contributed by atoms with Gasteiger partial charge in [-0.05, 0) is 18.2 Å². The molecule has 1 N–H and O–H groups in total. The number of aromatic nitrogens is 4. The number of hydrogen-bond donors (Lipinski definition) is 1. The first-order chi connectivity index (χ1) is 11.6. The first-order valence-electron chi connectivity index (χ1n) is 7.44. The fourth-order valence-corrected chi connectivity index (χ4v) is 2.94. The number of aryl methyl sites for hydroxylation is 1. The molecule has 0 aromatic carbocycles. The second-order valence-electron chi connectivity index (χ2n) is 5.36. The maximum Gasteiger partial charge on any atom is 0.317 e. The lowest BCUT2D eigenvalue weighted by molar-refractivity contribution is 0.206. The monoisotopic (exact) mass is 342 g/mol. The number of hydrogen-bond acceptors (Lipinski definition) is 5. The fraction of sp³-hybridized carbons (Fsp3) is 0.250. The molecule has 3 aromatic rings. The summed E-state index contributed by atoms with van der Waals surface area (Å²) < 4.78 is 1.72. The summed E-state index contributed by atoms with van der Waals surface area (Å²) in [6.45, 7) is 0.869. The Bertz CT molecular complexity index is 813. The summed E-state index contributed by atoms with van der Waals surface area (Å²) in [6.07, 6.45) is 5.34. The molecule has 0 radical (unpaired) electrons. The van der Waals surface area contributed by atoms with Crippen LogP contribution in [0.5, 0.6) is 0 Å². The molecule has 0 saturated heterocycles. The Morgan fingerprint density at radius 3 is 2.83 bits per heavy atom. The van der Waals surface area contributed by atoms with Crippen LogP contribution in [-0.2, 0) is 20.1 Å². The van der Waals surface area contributed by atoms with Crippen molar-refractivity contribution in [2.75, 3.05) is 7.05 Å². The summed E-state index contributed by atoms with van der Waals surface area (Å²) in [5.41, 5.74) is 2.77. The van der Waals surface area contributed by atoms with Gasteiger partial charge in [0.15, 0.2) is 0 Å². The van der Waals surface area contributed by atoms with Crippen molar-refractivity contribution in [1.29, 1.82) is 0 Å². The van der Waals surface area contributed by atoms with Crippen LogP contribution in [-0.4, -0.2) is 37.7 Å². The van der Waals surface area contributed by atoms with Gasteiger partial charge < -0.3 is 10.2 Å². The zero-order valence-electron chi connectivity index (χ0n) is 13.5. The molecule has 8 heteroatoms. The van der Waals surface area contributed by atoms with Crippen molar-refractivity contribution in [3.8, 4) is 11.3 Å². The number of amides is 2. The lowest BCUT2D eigenvalue weighted by atomic mass is 10.2. The number of thiazole rings is 1. The van der Waals surface area contributed by atoms with Gasteiger partial charge in [-0.25, -0.2) is 9.78 Å². The lowest BCUT2D eigenvalue weighted by Gasteiger charge is -2.16. The highest BCUT2D eigenvalue weighted by Crippen LogP contribution is 2.20. The van der Waals surface area contributed by atoms with E-state index < -0.39 is 0 Å². The number of carbonyl (C=O) groups excluding carboxylic acids is 1. The van der Waals surface area contributed by atoms with Crippen LogP contribution in [0.3, 0.4) is 0 Å². The van der Waals surface area contributed by atoms with Crippen LogP contribution in [0.25, 0.3) is 11.3 Å². The van der Waals surface area contributed by atoms with Crippen LogP contribution < -0.4 is 5.32 Å². The summed E-state index contributed by atoms with van der Waals surface area (Å²) in [5, 5.41) is 9.99. The second-order valence-corrected chi connectivity index (χ2v) is 6.30. The number of urea groups is 1. The molecule has 124 valence electrons. The Morgan fingerprint density at radius 2 is 2.12 bits per heavy atom. The molecule has 3 heterocycles. The molecule has 0 unspecified atom stereocenters. The Labute approximate surface area is 144 Å². The van der Waals surface area contributed by atoms with Gasteiger partial charge in [-0.15, -0.1) is 11.3 Å². The van der Waals surface area contributed by atoms with Crippen molar-refractivity contribution in [3.05, 3.63) is 52.9 Å². The van der Waals surface area contributed by atoms with Crippen molar-refractivity contribution in [3.63, 3.8) is 0 Å². The predicted molar refractivity (Wildman–Crippen MR) is 92.3 cm³/mol. The van der Waals surface area contributed by atoms with Crippen molar-refractivity contribution in [1.82, 2.24) is 30.0 Å². The fourth-order valence-electron chi connectivity index (χ4n) is 2.20. The number of nitrogens with one attached hydrogen (secondary N) is 1. The lowest BCUT2D eigenvalue weighted by Crippen LogP contribution is -2.36. The highest BCUT2D eigenvalue weighted by atomic mass is 32.1. The van der Waals surface area contributed by atoms with E-state index in [9.17, 15) is 4.79 Å². The van der Waals surface area contributed by atoms with Gasteiger partial charge in [0, 0.05) is 43.6 Å². The second kappa shape index (κ2) is 7.22. The molecular formula is C16H18N6OS. The van der Waals surface area contributed by atoms with Gasteiger partial charge in [0.2, 0.25) is 0 Å². The van der Waals surface area contributed by atoms with E-state index in [2.05, 4.69) is 20.4 Å². The molecule has 0 fully saturated rings. The number of rotatable bonds is 5. The van der Waals surface area contributed by atoms with E-state index in [1.165, 1.54) is 11.3 Å². The first kappa shape index (κ1) is 16.1. The summed E-state index contributed by atoms with van der Waals surface area (Å²) >= 11 is 1.52. The van der Waals surface area contributed by atoms with Crippen molar-refractivity contribution < 1.29 is 4.79 Å². The van der Waals surface area contributed by atoms with Crippen molar-refractivity contribution in [2.24, 2.45) is 7.05 Å². The maximum atomic E-state index is 12.2. The number of carbonyl (C=O) groups is 1. The van der Waals surface area contributed by atoms with E-state index in [1.54, 1.807) is 29.0 Å². The van der Waals surface area contributed by atoms with Gasteiger partial charge in [-0.3, -0.25) is 9.67 Å². The number of pyridine rings is 1. The van der Waals surface area contributed by atoms with Gasteiger partial charge in [-0.1, -0.05) is 0 Å². The quantitative estimate of drug-likeness (QED) is 0.772. The maximum absolute atomic E-state index is 12.2. The molecule has 3 aromatic heterocycles. The Balaban J connectivity index is 1.53.